The Balaban J connectivity index is 1.71. The zero-order chi connectivity index (χ0) is 16.7. The Morgan fingerprint density at radius 3 is 2.67 bits per heavy atom. The molecule has 0 bridgehead atoms. The van der Waals surface area contributed by atoms with Crippen LogP contribution in [0.25, 0.3) is 0 Å². The molecule has 1 saturated carbocycles. The summed E-state index contributed by atoms with van der Waals surface area (Å²) in [4.78, 5) is 2.48. The highest BCUT2D eigenvalue weighted by atomic mass is 32.1. The molecule has 6 heteroatoms. The van der Waals surface area contributed by atoms with Crippen LogP contribution in [0.3, 0.4) is 0 Å². The molecule has 1 aliphatic heterocycles. The molecule has 3 atom stereocenters. The van der Waals surface area contributed by atoms with Gasteiger partial charge in [-0.15, -0.1) is 10.2 Å². The summed E-state index contributed by atoms with van der Waals surface area (Å²) < 4.78 is 13.4. The van der Waals surface area contributed by atoms with Gasteiger partial charge in [-0.1, -0.05) is 23.5 Å². The van der Waals surface area contributed by atoms with E-state index in [0.29, 0.717) is 18.0 Å². The van der Waals surface area contributed by atoms with Crippen LogP contribution in [0.1, 0.15) is 54.2 Å². The van der Waals surface area contributed by atoms with Gasteiger partial charge in [0.15, 0.2) is 0 Å². The lowest BCUT2D eigenvalue weighted by Crippen LogP contribution is -2.55. The normalized spacial score (nSPS) is 26.5. The fourth-order valence-electron chi connectivity index (χ4n) is 3.38. The third-order valence-electron chi connectivity index (χ3n) is 4.95. The van der Waals surface area contributed by atoms with Crippen LogP contribution in [-0.2, 0) is 0 Å². The van der Waals surface area contributed by atoms with Gasteiger partial charge in [0.25, 0.3) is 0 Å². The number of benzene rings is 1. The minimum absolute atomic E-state index is 0.0511. The summed E-state index contributed by atoms with van der Waals surface area (Å²) in [5.41, 5.74) is 1.09. The average Bonchev–Trinajstić information content (AvgIpc) is 3.32. The van der Waals surface area contributed by atoms with E-state index in [1.807, 2.05) is 12.1 Å². The van der Waals surface area contributed by atoms with E-state index >= 15 is 0 Å². The quantitative estimate of drug-likeness (QED) is 0.922. The summed E-state index contributed by atoms with van der Waals surface area (Å²) in [6.45, 7) is 6.34. The predicted octanol–water partition coefficient (Wildman–Crippen LogP) is 3.33. The van der Waals surface area contributed by atoms with Gasteiger partial charge in [0.05, 0.1) is 6.04 Å². The van der Waals surface area contributed by atoms with E-state index in [2.05, 4.69) is 34.3 Å². The molecule has 24 heavy (non-hydrogen) atoms. The summed E-state index contributed by atoms with van der Waals surface area (Å²) in [5, 5.41) is 14.7. The molecule has 1 aliphatic carbocycles. The van der Waals surface area contributed by atoms with Crippen LogP contribution in [0.4, 0.5) is 4.39 Å². The maximum Gasteiger partial charge on any atom is 0.139 e. The van der Waals surface area contributed by atoms with Crippen LogP contribution in [0.15, 0.2) is 24.3 Å². The number of nitrogens with one attached hydrogen (secondary N) is 1. The number of nitrogens with zero attached hydrogens (tertiary/aromatic N) is 3. The molecule has 2 fully saturated rings. The second-order valence-corrected chi connectivity index (χ2v) is 8.10. The summed E-state index contributed by atoms with van der Waals surface area (Å²) in [6, 6.07) is 7.73. The third-order valence-corrected chi connectivity index (χ3v) is 6.08. The molecule has 4 nitrogen and oxygen atoms in total. The maximum absolute atomic E-state index is 13.4. The molecular formula is C18H23FN4S. The molecule has 4 rings (SSSR count). The van der Waals surface area contributed by atoms with Gasteiger partial charge < -0.3 is 5.32 Å². The molecule has 1 N–H and O–H groups in total. The highest BCUT2D eigenvalue weighted by Crippen LogP contribution is 2.43. The van der Waals surface area contributed by atoms with Crippen LogP contribution >= 0.6 is 11.3 Å². The second-order valence-electron chi connectivity index (χ2n) is 7.06. The molecule has 2 heterocycles. The second kappa shape index (κ2) is 6.50. The van der Waals surface area contributed by atoms with E-state index in [1.165, 1.54) is 12.8 Å². The minimum atomic E-state index is -0.199. The predicted molar refractivity (Wildman–Crippen MR) is 93.8 cm³/mol. The van der Waals surface area contributed by atoms with Gasteiger partial charge in [0.2, 0.25) is 0 Å². The largest absolute Gasteiger partial charge is 0.311 e. The van der Waals surface area contributed by atoms with Gasteiger partial charge in [-0.25, -0.2) is 4.39 Å². The Labute approximate surface area is 146 Å². The van der Waals surface area contributed by atoms with Gasteiger partial charge in [-0.2, -0.15) is 0 Å². The molecule has 1 aromatic carbocycles. The first-order valence-electron chi connectivity index (χ1n) is 8.69. The molecule has 1 saturated heterocycles. The van der Waals surface area contributed by atoms with Crippen molar-refractivity contribution in [1.29, 1.82) is 0 Å². The van der Waals surface area contributed by atoms with E-state index in [4.69, 9.17) is 0 Å². The van der Waals surface area contributed by atoms with E-state index in [-0.39, 0.29) is 11.9 Å². The van der Waals surface area contributed by atoms with E-state index < -0.39 is 0 Å². The highest BCUT2D eigenvalue weighted by Gasteiger charge is 2.35. The lowest BCUT2D eigenvalue weighted by atomic mass is 10.0. The van der Waals surface area contributed by atoms with Crippen molar-refractivity contribution < 1.29 is 4.39 Å². The van der Waals surface area contributed by atoms with Crippen LogP contribution in [-0.4, -0.2) is 40.3 Å². The standard InChI is InChI=1S/C18H23FN4S/c1-11-10-23(12(2)9-20-11)16(13-5-7-15(19)8-6-13)18-22-21-17(24-18)14-3-4-14/h5-8,11-12,14,16,20H,3-4,9-10H2,1-2H3/t11-,12+,16?/m0/s1. The van der Waals surface area contributed by atoms with Crippen molar-refractivity contribution in [2.24, 2.45) is 0 Å². The number of hydrogen-bond donors (Lipinski definition) is 1. The van der Waals surface area contributed by atoms with Crippen molar-refractivity contribution in [2.45, 2.75) is 50.7 Å². The molecule has 0 radical (unpaired) electrons. The summed E-state index contributed by atoms with van der Waals surface area (Å²) in [7, 11) is 0. The van der Waals surface area contributed by atoms with Gasteiger partial charge in [-0.3, -0.25) is 4.90 Å². The Bertz CT molecular complexity index is 697. The van der Waals surface area contributed by atoms with Crippen molar-refractivity contribution in [1.82, 2.24) is 20.4 Å². The Hall–Kier alpha value is -1.37. The zero-order valence-electron chi connectivity index (χ0n) is 14.1. The summed E-state index contributed by atoms with van der Waals surface area (Å²) >= 11 is 1.73. The van der Waals surface area contributed by atoms with Gasteiger partial charge in [0, 0.05) is 31.1 Å². The van der Waals surface area contributed by atoms with Gasteiger partial charge in [-0.05, 0) is 44.4 Å². The first-order valence-corrected chi connectivity index (χ1v) is 9.51. The molecule has 0 amide bonds. The van der Waals surface area contributed by atoms with Crippen LogP contribution in [0.2, 0.25) is 0 Å². The number of rotatable bonds is 4. The molecule has 0 spiro atoms. The zero-order valence-corrected chi connectivity index (χ0v) is 14.9. The lowest BCUT2D eigenvalue weighted by molar-refractivity contribution is 0.112. The van der Waals surface area contributed by atoms with Crippen molar-refractivity contribution in [3.8, 4) is 0 Å². The fraction of sp³-hybridized carbons (Fsp3) is 0.556. The molecule has 1 unspecified atom stereocenters. The first-order chi connectivity index (χ1) is 11.6. The van der Waals surface area contributed by atoms with Crippen molar-refractivity contribution in [3.05, 3.63) is 45.7 Å². The number of hydrogen-bond acceptors (Lipinski definition) is 5. The van der Waals surface area contributed by atoms with E-state index in [1.54, 1.807) is 23.5 Å². The average molecular weight is 346 g/mol. The van der Waals surface area contributed by atoms with Crippen molar-refractivity contribution >= 4 is 11.3 Å². The maximum atomic E-state index is 13.4. The van der Waals surface area contributed by atoms with Crippen LogP contribution < -0.4 is 5.32 Å². The van der Waals surface area contributed by atoms with E-state index in [9.17, 15) is 4.39 Å². The Morgan fingerprint density at radius 2 is 1.96 bits per heavy atom. The van der Waals surface area contributed by atoms with Crippen molar-refractivity contribution in [2.75, 3.05) is 13.1 Å². The number of halogens is 1. The third kappa shape index (κ3) is 3.23. The Morgan fingerprint density at radius 1 is 1.21 bits per heavy atom. The molecular weight excluding hydrogens is 323 g/mol. The summed E-state index contributed by atoms with van der Waals surface area (Å²) in [6.07, 6.45) is 2.47. The summed E-state index contributed by atoms with van der Waals surface area (Å²) in [5.74, 6) is 0.416. The fourth-order valence-corrected chi connectivity index (χ4v) is 4.55. The SMILES string of the molecule is C[C@@H]1CN[C@@H](C)CN1C(c1ccc(F)cc1)c1nnc(C2CC2)s1. The smallest absolute Gasteiger partial charge is 0.139 e. The monoisotopic (exact) mass is 346 g/mol. The van der Waals surface area contributed by atoms with Gasteiger partial charge in [0.1, 0.15) is 15.8 Å². The molecule has 2 aliphatic rings. The molecule has 128 valence electrons. The van der Waals surface area contributed by atoms with E-state index in [0.717, 1.165) is 28.7 Å². The topological polar surface area (TPSA) is 41.0 Å². The minimum Gasteiger partial charge on any atom is -0.311 e. The molecule has 1 aromatic heterocycles. The Kier molecular flexibility index (Phi) is 4.37. The first kappa shape index (κ1) is 16.1. The number of aromatic nitrogens is 2. The van der Waals surface area contributed by atoms with Crippen LogP contribution in [0.5, 0.6) is 0 Å². The lowest BCUT2D eigenvalue weighted by Gasteiger charge is -2.41. The van der Waals surface area contributed by atoms with Gasteiger partial charge >= 0.3 is 0 Å². The van der Waals surface area contributed by atoms with Crippen LogP contribution in [0, 0.1) is 5.82 Å². The molecule has 2 aromatic rings. The van der Waals surface area contributed by atoms with Crippen molar-refractivity contribution in [3.63, 3.8) is 0 Å². The highest BCUT2D eigenvalue weighted by molar-refractivity contribution is 7.11. The number of piperazine rings is 1.